The van der Waals surface area contributed by atoms with Crippen molar-refractivity contribution < 1.29 is 14.6 Å². The lowest BCUT2D eigenvalue weighted by atomic mass is 10.00. The number of aliphatic carboxylic acids is 1. The first-order chi connectivity index (χ1) is 8.13. The number of hydrogen-bond acceptors (Lipinski definition) is 3. The Morgan fingerprint density at radius 1 is 1.47 bits per heavy atom. The van der Waals surface area contributed by atoms with Crippen LogP contribution < -0.4 is 0 Å². The molecule has 0 unspecified atom stereocenters. The third-order valence-corrected chi connectivity index (χ3v) is 3.22. The van der Waals surface area contributed by atoms with Crippen LogP contribution in [0, 0.1) is 5.92 Å². The summed E-state index contributed by atoms with van der Waals surface area (Å²) in [5.41, 5.74) is 0.504. The zero-order chi connectivity index (χ0) is 12.7. The highest BCUT2D eigenvalue weighted by molar-refractivity contribution is 5.86. The molecule has 0 saturated carbocycles. The quantitative estimate of drug-likeness (QED) is 0.720. The van der Waals surface area contributed by atoms with Crippen molar-refractivity contribution >= 4 is 5.97 Å². The van der Waals surface area contributed by atoms with E-state index in [1.165, 1.54) is 0 Å². The number of carbonyl (C=O) groups is 1. The van der Waals surface area contributed by atoms with Gasteiger partial charge in [0.2, 0.25) is 0 Å². The molecule has 0 aromatic rings. The third kappa shape index (κ3) is 5.33. The standard InChI is InChI=1S/C13H23NO3/c1-3-12(13(15)16)4-7-14(2)10-11-5-8-17-9-6-11/h4,11H,3,5-10H2,1-2H3,(H,15,16). The number of nitrogens with zero attached hydrogens (tertiary/aromatic N) is 1. The second kappa shape index (κ2) is 7.45. The molecule has 0 spiro atoms. The van der Waals surface area contributed by atoms with Crippen LogP contribution in [0.1, 0.15) is 26.2 Å². The number of hydrogen-bond donors (Lipinski definition) is 1. The van der Waals surface area contributed by atoms with Crippen molar-refractivity contribution in [3.05, 3.63) is 11.6 Å². The highest BCUT2D eigenvalue weighted by Crippen LogP contribution is 2.15. The van der Waals surface area contributed by atoms with E-state index in [9.17, 15) is 4.79 Å². The SMILES string of the molecule is CCC(=CCN(C)CC1CCOCC1)C(=O)O. The molecule has 1 fully saturated rings. The Kier molecular flexibility index (Phi) is 6.22. The van der Waals surface area contributed by atoms with Crippen LogP contribution in [-0.2, 0) is 9.53 Å². The lowest BCUT2D eigenvalue weighted by Gasteiger charge is -2.26. The van der Waals surface area contributed by atoms with Crippen LogP contribution in [0.4, 0.5) is 0 Å². The maximum atomic E-state index is 10.8. The van der Waals surface area contributed by atoms with Crippen LogP contribution in [0.2, 0.25) is 0 Å². The molecule has 4 heteroatoms. The summed E-state index contributed by atoms with van der Waals surface area (Å²) < 4.78 is 5.32. The molecule has 0 aromatic heterocycles. The van der Waals surface area contributed by atoms with Gasteiger partial charge >= 0.3 is 5.97 Å². The number of carboxylic acid groups (broad SMARTS) is 1. The number of rotatable bonds is 6. The average molecular weight is 241 g/mol. The van der Waals surface area contributed by atoms with E-state index in [1.807, 2.05) is 20.0 Å². The van der Waals surface area contributed by atoms with Crippen LogP contribution in [0.25, 0.3) is 0 Å². The van der Waals surface area contributed by atoms with E-state index in [4.69, 9.17) is 9.84 Å². The van der Waals surface area contributed by atoms with Crippen LogP contribution in [0.3, 0.4) is 0 Å². The molecule has 1 heterocycles. The molecule has 0 amide bonds. The van der Waals surface area contributed by atoms with E-state index >= 15 is 0 Å². The second-order valence-corrected chi connectivity index (χ2v) is 4.67. The van der Waals surface area contributed by atoms with Crippen LogP contribution in [0.15, 0.2) is 11.6 Å². The van der Waals surface area contributed by atoms with Gasteiger partial charge in [-0.3, -0.25) is 0 Å². The number of likely N-dealkylation sites (N-methyl/N-ethyl adjacent to an activating group) is 1. The van der Waals surface area contributed by atoms with Crippen molar-refractivity contribution in [1.82, 2.24) is 4.90 Å². The van der Waals surface area contributed by atoms with Crippen molar-refractivity contribution in [3.8, 4) is 0 Å². The van der Waals surface area contributed by atoms with Gasteiger partial charge in [0.1, 0.15) is 0 Å². The fourth-order valence-electron chi connectivity index (χ4n) is 2.09. The first-order valence-electron chi connectivity index (χ1n) is 6.32. The summed E-state index contributed by atoms with van der Waals surface area (Å²) in [5.74, 6) is -0.107. The third-order valence-electron chi connectivity index (χ3n) is 3.22. The summed E-state index contributed by atoms with van der Waals surface area (Å²) in [4.78, 5) is 13.0. The molecule has 0 bridgehead atoms. The molecule has 1 aliphatic rings. The fourth-order valence-corrected chi connectivity index (χ4v) is 2.09. The van der Waals surface area contributed by atoms with Crippen LogP contribution >= 0.6 is 0 Å². The first kappa shape index (κ1) is 14.2. The van der Waals surface area contributed by atoms with E-state index in [2.05, 4.69) is 4.90 Å². The molecule has 1 N–H and O–H groups in total. The minimum absolute atomic E-state index is 0.504. The maximum Gasteiger partial charge on any atom is 0.331 e. The van der Waals surface area contributed by atoms with Crippen molar-refractivity contribution in [2.45, 2.75) is 26.2 Å². The largest absolute Gasteiger partial charge is 0.478 e. The van der Waals surface area contributed by atoms with Crippen LogP contribution in [-0.4, -0.2) is 49.3 Å². The van der Waals surface area contributed by atoms with Gasteiger partial charge in [-0.1, -0.05) is 13.0 Å². The Hall–Kier alpha value is -0.870. The molecule has 0 aliphatic carbocycles. The Morgan fingerprint density at radius 3 is 2.65 bits per heavy atom. The summed E-state index contributed by atoms with van der Waals surface area (Å²) >= 11 is 0. The van der Waals surface area contributed by atoms with Crippen molar-refractivity contribution in [3.63, 3.8) is 0 Å². The Labute approximate surface area is 103 Å². The predicted molar refractivity (Wildman–Crippen MR) is 67.0 cm³/mol. The van der Waals surface area contributed by atoms with Gasteiger partial charge in [-0.2, -0.15) is 0 Å². The molecule has 17 heavy (non-hydrogen) atoms. The van der Waals surface area contributed by atoms with Gasteiger partial charge in [0.25, 0.3) is 0 Å². The highest BCUT2D eigenvalue weighted by Gasteiger charge is 2.15. The smallest absolute Gasteiger partial charge is 0.331 e. The number of carboxylic acids is 1. The summed E-state index contributed by atoms with van der Waals surface area (Å²) in [5, 5.41) is 8.90. The van der Waals surface area contributed by atoms with Gasteiger partial charge in [-0.15, -0.1) is 0 Å². The lowest BCUT2D eigenvalue weighted by molar-refractivity contribution is -0.132. The molecule has 0 radical (unpaired) electrons. The van der Waals surface area contributed by atoms with E-state index in [1.54, 1.807) is 0 Å². The number of ether oxygens (including phenoxy) is 1. The maximum absolute atomic E-state index is 10.8. The van der Waals surface area contributed by atoms with Gasteiger partial charge in [0.15, 0.2) is 0 Å². The monoisotopic (exact) mass is 241 g/mol. The Balaban J connectivity index is 2.32. The first-order valence-corrected chi connectivity index (χ1v) is 6.32. The zero-order valence-electron chi connectivity index (χ0n) is 10.8. The summed E-state index contributed by atoms with van der Waals surface area (Å²) in [6.45, 7) is 5.34. The van der Waals surface area contributed by atoms with E-state index in [0.717, 1.165) is 32.6 Å². The van der Waals surface area contributed by atoms with Crippen LogP contribution in [0.5, 0.6) is 0 Å². The van der Waals surface area contributed by atoms with E-state index in [0.29, 0.717) is 24.5 Å². The second-order valence-electron chi connectivity index (χ2n) is 4.67. The van der Waals surface area contributed by atoms with Gasteiger partial charge in [-0.25, -0.2) is 4.79 Å². The van der Waals surface area contributed by atoms with Crippen molar-refractivity contribution in [2.75, 3.05) is 33.4 Å². The summed E-state index contributed by atoms with van der Waals surface area (Å²) in [7, 11) is 2.04. The van der Waals surface area contributed by atoms with E-state index < -0.39 is 5.97 Å². The van der Waals surface area contributed by atoms with Crippen molar-refractivity contribution in [2.24, 2.45) is 5.92 Å². The van der Waals surface area contributed by atoms with E-state index in [-0.39, 0.29) is 0 Å². The highest BCUT2D eigenvalue weighted by atomic mass is 16.5. The van der Waals surface area contributed by atoms with Gasteiger partial charge in [-0.05, 0) is 32.2 Å². The normalized spacial score (nSPS) is 18.6. The molecule has 1 aliphatic heterocycles. The molecular formula is C13H23NO3. The summed E-state index contributed by atoms with van der Waals surface area (Å²) in [6, 6.07) is 0. The van der Waals surface area contributed by atoms with Crippen molar-refractivity contribution in [1.29, 1.82) is 0 Å². The Morgan fingerprint density at radius 2 is 2.12 bits per heavy atom. The van der Waals surface area contributed by atoms with Gasteiger partial charge in [0, 0.05) is 31.9 Å². The molecule has 0 aromatic carbocycles. The minimum Gasteiger partial charge on any atom is -0.478 e. The molecule has 4 nitrogen and oxygen atoms in total. The molecule has 1 rings (SSSR count). The molecule has 1 saturated heterocycles. The average Bonchev–Trinajstić information content (AvgIpc) is 2.30. The fraction of sp³-hybridized carbons (Fsp3) is 0.769. The van der Waals surface area contributed by atoms with Gasteiger partial charge in [0.05, 0.1) is 0 Å². The van der Waals surface area contributed by atoms with Gasteiger partial charge < -0.3 is 14.7 Å². The minimum atomic E-state index is -0.799. The molecular weight excluding hydrogens is 218 g/mol. The summed E-state index contributed by atoms with van der Waals surface area (Å²) in [6.07, 6.45) is 4.64. The molecule has 0 atom stereocenters. The topological polar surface area (TPSA) is 49.8 Å². The molecule has 98 valence electrons. The lowest BCUT2D eigenvalue weighted by Crippen LogP contribution is -2.30. The zero-order valence-corrected chi connectivity index (χ0v) is 10.8. The Bertz CT molecular complexity index is 270. The predicted octanol–water partition coefficient (Wildman–Crippen LogP) is 1.77.